The van der Waals surface area contributed by atoms with Gasteiger partial charge in [-0.15, -0.1) is 0 Å². The minimum absolute atomic E-state index is 0.0131. The number of carboxylic acid groups (broad SMARTS) is 1. The fraction of sp³-hybridized carbons (Fsp3) is 0.321. The van der Waals surface area contributed by atoms with Crippen LogP contribution in [0.1, 0.15) is 62.0 Å². The lowest BCUT2D eigenvalue weighted by Gasteiger charge is -2.42. The lowest BCUT2D eigenvalue weighted by atomic mass is 9.63. The first-order valence-corrected chi connectivity index (χ1v) is 13.1. The fourth-order valence-corrected chi connectivity index (χ4v) is 5.23. The molecule has 1 aliphatic rings. The summed E-state index contributed by atoms with van der Waals surface area (Å²) < 4.78 is 66.9. The van der Waals surface area contributed by atoms with Gasteiger partial charge >= 0.3 is 21.6 Å². The smallest absolute Gasteiger partial charge is 0.478 e. The van der Waals surface area contributed by atoms with Gasteiger partial charge in [-0.1, -0.05) is 64.1 Å². The Hall–Kier alpha value is -3.33. The van der Waals surface area contributed by atoms with Crippen LogP contribution in [-0.4, -0.2) is 25.0 Å². The molecule has 9 heteroatoms. The first-order valence-electron chi connectivity index (χ1n) is 11.7. The zero-order valence-electron chi connectivity index (χ0n) is 20.8. The molecule has 1 N–H and O–H groups in total. The van der Waals surface area contributed by atoms with E-state index in [2.05, 4.69) is 44.0 Å². The summed E-state index contributed by atoms with van der Waals surface area (Å²) in [7, 11) is -6.01. The monoisotopic (exact) mass is 532 g/mol. The summed E-state index contributed by atoms with van der Waals surface area (Å²) in [6, 6.07) is 16.3. The van der Waals surface area contributed by atoms with Crippen LogP contribution in [0.5, 0.6) is 5.75 Å². The van der Waals surface area contributed by atoms with Crippen LogP contribution in [0.15, 0.2) is 60.7 Å². The van der Waals surface area contributed by atoms with Gasteiger partial charge in [0.1, 0.15) is 0 Å². The molecule has 0 saturated heterocycles. The number of fused-ring (bicyclic) bond motifs is 1. The largest absolute Gasteiger partial charge is 0.534 e. The van der Waals surface area contributed by atoms with Gasteiger partial charge in [-0.25, -0.2) is 4.79 Å². The number of carboxylic acids is 1. The van der Waals surface area contributed by atoms with Crippen molar-refractivity contribution in [3.63, 3.8) is 0 Å². The van der Waals surface area contributed by atoms with Crippen molar-refractivity contribution in [3.05, 3.63) is 77.4 Å². The number of hydrogen-bond donors (Lipinski definition) is 1. The van der Waals surface area contributed by atoms with Crippen LogP contribution in [-0.2, 0) is 20.9 Å². The minimum atomic E-state index is -6.01. The van der Waals surface area contributed by atoms with Crippen molar-refractivity contribution in [2.24, 2.45) is 0 Å². The van der Waals surface area contributed by atoms with Crippen molar-refractivity contribution >= 4 is 16.1 Å². The third kappa shape index (κ3) is 5.09. The Labute approximate surface area is 214 Å². The summed E-state index contributed by atoms with van der Waals surface area (Å²) >= 11 is 0. The van der Waals surface area contributed by atoms with E-state index in [1.165, 1.54) is 23.3 Å². The van der Waals surface area contributed by atoms with Crippen LogP contribution in [0.25, 0.3) is 22.3 Å². The number of carbonyl (C=O) groups is 1. The highest BCUT2D eigenvalue weighted by Gasteiger charge is 2.49. The van der Waals surface area contributed by atoms with Crippen LogP contribution in [0.3, 0.4) is 0 Å². The Morgan fingerprint density at radius 3 is 2.05 bits per heavy atom. The molecule has 0 spiro atoms. The quantitative estimate of drug-likeness (QED) is 0.276. The Bertz CT molecular complexity index is 1490. The van der Waals surface area contributed by atoms with Gasteiger partial charge in [-0.05, 0) is 75.8 Å². The number of benzene rings is 3. The van der Waals surface area contributed by atoms with Crippen molar-refractivity contribution < 1.29 is 35.7 Å². The Morgan fingerprint density at radius 1 is 0.838 bits per heavy atom. The average molecular weight is 533 g/mol. The number of halogens is 3. The van der Waals surface area contributed by atoms with Crippen molar-refractivity contribution in [1.29, 1.82) is 0 Å². The molecule has 0 heterocycles. The second kappa shape index (κ2) is 8.90. The number of alkyl halides is 3. The molecule has 0 saturated carbocycles. The van der Waals surface area contributed by atoms with Crippen LogP contribution in [0.2, 0.25) is 0 Å². The van der Waals surface area contributed by atoms with E-state index < -0.39 is 32.9 Å². The highest BCUT2D eigenvalue weighted by molar-refractivity contribution is 7.88. The van der Waals surface area contributed by atoms with E-state index in [4.69, 9.17) is 0 Å². The summed E-state index contributed by atoms with van der Waals surface area (Å²) in [5.41, 5.74) is -1.50. The third-order valence-electron chi connectivity index (χ3n) is 7.07. The predicted molar refractivity (Wildman–Crippen MR) is 135 cm³/mol. The summed E-state index contributed by atoms with van der Waals surface area (Å²) in [5.74, 6) is -2.16. The summed E-state index contributed by atoms with van der Waals surface area (Å²) in [5, 5.41) is 9.27. The van der Waals surface area contributed by atoms with Crippen LogP contribution in [0, 0.1) is 0 Å². The van der Waals surface area contributed by atoms with E-state index in [0.717, 1.165) is 30.0 Å². The lowest BCUT2D eigenvalue weighted by molar-refractivity contribution is -0.0499. The van der Waals surface area contributed by atoms with E-state index >= 15 is 0 Å². The van der Waals surface area contributed by atoms with Crippen molar-refractivity contribution in [3.8, 4) is 28.0 Å². The molecule has 37 heavy (non-hydrogen) atoms. The molecule has 0 aromatic heterocycles. The van der Waals surface area contributed by atoms with E-state index in [1.807, 2.05) is 12.1 Å². The number of rotatable bonds is 5. The van der Waals surface area contributed by atoms with Crippen molar-refractivity contribution in [2.45, 2.75) is 56.9 Å². The molecular weight excluding hydrogens is 505 g/mol. The molecule has 3 aromatic carbocycles. The standard InChI is InChI=1S/C28H27F3O5S/c1-26(2)12-13-27(3,4)23-15-18(9-11-22(23)26)17-6-5-7-19(14-17)21-10-8-20(25(32)33)16-24(21)36-37(34,35)28(29,30)31/h5-11,14-16H,12-13H2,1-4H3,(H,32,33). The minimum Gasteiger partial charge on any atom is -0.478 e. The van der Waals surface area contributed by atoms with Gasteiger partial charge < -0.3 is 9.29 Å². The molecule has 196 valence electrons. The van der Waals surface area contributed by atoms with Crippen molar-refractivity contribution in [2.75, 3.05) is 0 Å². The lowest BCUT2D eigenvalue weighted by Crippen LogP contribution is -2.33. The molecule has 0 atom stereocenters. The molecule has 0 unspecified atom stereocenters. The molecule has 4 rings (SSSR count). The van der Waals surface area contributed by atoms with Gasteiger partial charge in [-0.2, -0.15) is 21.6 Å². The second-order valence-corrected chi connectivity index (χ2v) is 12.1. The van der Waals surface area contributed by atoms with Gasteiger partial charge in [0.05, 0.1) is 5.56 Å². The highest BCUT2D eigenvalue weighted by atomic mass is 32.2. The molecule has 0 aliphatic heterocycles. The summed E-state index contributed by atoms with van der Waals surface area (Å²) in [6.07, 6.45) is 2.10. The van der Waals surface area contributed by atoms with E-state index in [-0.39, 0.29) is 16.4 Å². The molecule has 0 fully saturated rings. The van der Waals surface area contributed by atoms with Crippen LogP contribution >= 0.6 is 0 Å². The van der Waals surface area contributed by atoms with E-state index in [1.54, 1.807) is 18.2 Å². The Morgan fingerprint density at radius 2 is 1.43 bits per heavy atom. The maximum Gasteiger partial charge on any atom is 0.534 e. The van der Waals surface area contributed by atoms with Gasteiger partial charge in [-0.3, -0.25) is 0 Å². The molecule has 0 radical (unpaired) electrons. The molecule has 5 nitrogen and oxygen atoms in total. The van der Waals surface area contributed by atoms with Crippen LogP contribution in [0.4, 0.5) is 13.2 Å². The van der Waals surface area contributed by atoms with Crippen molar-refractivity contribution in [1.82, 2.24) is 0 Å². The first-order chi connectivity index (χ1) is 17.0. The zero-order chi connectivity index (χ0) is 27.4. The van der Waals surface area contributed by atoms with Gasteiger partial charge in [0.25, 0.3) is 0 Å². The Kier molecular flexibility index (Phi) is 6.43. The SMILES string of the molecule is CC1(C)CCC(C)(C)c2cc(-c3cccc(-c4ccc(C(=O)O)cc4OS(=O)(=O)C(F)(F)F)c3)ccc21. The normalized spacial score (nSPS) is 16.6. The van der Waals surface area contributed by atoms with Gasteiger partial charge in [0, 0.05) is 5.56 Å². The maximum absolute atomic E-state index is 13.0. The van der Waals surface area contributed by atoms with E-state index in [9.17, 15) is 31.5 Å². The molecule has 3 aromatic rings. The molecule has 1 aliphatic carbocycles. The topological polar surface area (TPSA) is 80.7 Å². The summed E-state index contributed by atoms with van der Waals surface area (Å²) in [6.45, 7) is 8.85. The number of hydrogen-bond acceptors (Lipinski definition) is 4. The Balaban J connectivity index is 1.83. The fourth-order valence-electron chi connectivity index (χ4n) is 4.76. The van der Waals surface area contributed by atoms with E-state index in [0.29, 0.717) is 5.56 Å². The van der Waals surface area contributed by atoms with Gasteiger partial charge in [0.2, 0.25) is 0 Å². The van der Waals surface area contributed by atoms with Gasteiger partial charge in [0.15, 0.2) is 5.75 Å². The second-order valence-electron chi connectivity index (χ2n) is 10.6. The zero-order valence-corrected chi connectivity index (χ0v) is 21.6. The molecule has 0 amide bonds. The van der Waals surface area contributed by atoms with Crippen LogP contribution < -0.4 is 4.18 Å². The third-order valence-corrected chi connectivity index (χ3v) is 8.04. The maximum atomic E-state index is 13.0. The molecule has 0 bridgehead atoms. The first kappa shape index (κ1) is 26.7. The molecular formula is C28H27F3O5S. The number of aromatic carboxylic acids is 1. The predicted octanol–water partition coefficient (Wildman–Crippen LogP) is 7.30. The average Bonchev–Trinajstić information content (AvgIpc) is 2.81. The summed E-state index contributed by atoms with van der Waals surface area (Å²) in [4.78, 5) is 11.4. The highest BCUT2D eigenvalue weighted by Crippen LogP contribution is 2.47.